The molecular formula is C26H44N6O6. The van der Waals surface area contributed by atoms with Crippen molar-refractivity contribution in [2.75, 3.05) is 19.7 Å². The molecule has 5 amide bonds. The summed E-state index contributed by atoms with van der Waals surface area (Å²) in [5, 5.41) is 10.4. The smallest absolute Gasteiger partial charge is 0.312 e. The molecule has 0 radical (unpaired) electrons. The lowest BCUT2D eigenvalue weighted by Gasteiger charge is -2.25. The number of urea groups is 1. The van der Waals surface area contributed by atoms with Gasteiger partial charge in [0.25, 0.3) is 0 Å². The molecule has 0 aliphatic heterocycles. The average molecular weight is 537 g/mol. The second-order valence-electron chi connectivity index (χ2n) is 10.1. The molecule has 0 heterocycles. The topological polar surface area (TPSA) is 195 Å². The standard InChI is InChI=1S/C26H44N6O6/c1-8-18(15-38-24(36)26(5,6)7)12-11-17(4)30-22(34)19(10-9-13-29-25(28)37)31-23(35)21(16(2)3)32-20(33)14-27/h8,11-12,16,19,21H,1,9-10,13-15,27H2,2-7H3,(H,30,34)(H,31,35)(H,32,33)(H3,28,29,37)/b17-11+,18-12+. The van der Waals surface area contributed by atoms with Gasteiger partial charge in [0.1, 0.15) is 18.7 Å². The number of carbonyl (C=O) groups excluding carboxylic acids is 5. The quantitative estimate of drug-likeness (QED) is 0.101. The minimum Gasteiger partial charge on any atom is -0.460 e. The Labute approximate surface area is 225 Å². The van der Waals surface area contributed by atoms with Crippen LogP contribution in [0.15, 0.2) is 36.1 Å². The minimum atomic E-state index is -0.966. The van der Waals surface area contributed by atoms with E-state index in [1.807, 2.05) is 0 Å². The summed E-state index contributed by atoms with van der Waals surface area (Å²) in [5.41, 5.74) is 10.9. The number of nitrogens with one attached hydrogen (secondary N) is 4. The second-order valence-corrected chi connectivity index (χ2v) is 10.1. The lowest BCUT2D eigenvalue weighted by molar-refractivity contribution is -0.151. The van der Waals surface area contributed by atoms with Crippen LogP contribution in [0.25, 0.3) is 0 Å². The Hall–Kier alpha value is -3.67. The monoisotopic (exact) mass is 536 g/mol. The van der Waals surface area contributed by atoms with Crippen LogP contribution in [0, 0.1) is 11.3 Å². The molecule has 0 aromatic heterocycles. The van der Waals surface area contributed by atoms with Crippen LogP contribution in [0.1, 0.15) is 54.4 Å². The predicted octanol–water partition coefficient (Wildman–Crippen LogP) is 0.741. The zero-order valence-corrected chi connectivity index (χ0v) is 23.3. The number of primary amides is 1. The van der Waals surface area contributed by atoms with Gasteiger partial charge in [-0.3, -0.25) is 19.2 Å². The molecule has 0 saturated carbocycles. The third-order valence-electron chi connectivity index (χ3n) is 5.17. The number of allylic oxidation sites excluding steroid dienone is 3. The average Bonchev–Trinajstić information content (AvgIpc) is 2.82. The van der Waals surface area contributed by atoms with E-state index in [2.05, 4.69) is 27.8 Å². The number of hydrogen-bond acceptors (Lipinski definition) is 7. The van der Waals surface area contributed by atoms with E-state index in [-0.39, 0.29) is 38.0 Å². The molecule has 38 heavy (non-hydrogen) atoms. The van der Waals surface area contributed by atoms with Crippen molar-refractivity contribution in [1.29, 1.82) is 0 Å². The lowest BCUT2D eigenvalue weighted by Crippen LogP contribution is -2.56. The van der Waals surface area contributed by atoms with Gasteiger partial charge in [0.15, 0.2) is 0 Å². The van der Waals surface area contributed by atoms with E-state index < -0.39 is 41.3 Å². The Morgan fingerprint density at radius 2 is 1.66 bits per heavy atom. The van der Waals surface area contributed by atoms with Gasteiger partial charge in [-0.25, -0.2) is 4.79 Å². The summed E-state index contributed by atoms with van der Waals surface area (Å²) < 4.78 is 5.28. The van der Waals surface area contributed by atoms with E-state index in [1.54, 1.807) is 53.7 Å². The van der Waals surface area contributed by atoms with Crippen molar-refractivity contribution in [3.63, 3.8) is 0 Å². The Morgan fingerprint density at radius 1 is 1.03 bits per heavy atom. The van der Waals surface area contributed by atoms with Crippen molar-refractivity contribution < 1.29 is 28.7 Å². The highest BCUT2D eigenvalue weighted by atomic mass is 16.5. The summed E-state index contributed by atoms with van der Waals surface area (Å²) in [7, 11) is 0. The summed E-state index contributed by atoms with van der Waals surface area (Å²) in [6.45, 7) is 14.1. The number of ether oxygens (including phenoxy) is 1. The third kappa shape index (κ3) is 14.2. The molecule has 12 nitrogen and oxygen atoms in total. The van der Waals surface area contributed by atoms with Gasteiger partial charge >= 0.3 is 12.0 Å². The van der Waals surface area contributed by atoms with E-state index >= 15 is 0 Å². The molecule has 2 atom stereocenters. The summed E-state index contributed by atoms with van der Waals surface area (Å²) >= 11 is 0. The fraction of sp³-hybridized carbons (Fsp3) is 0.577. The van der Waals surface area contributed by atoms with E-state index in [1.165, 1.54) is 6.08 Å². The van der Waals surface area contributed by atoms with Gasteiger partial charge in [-0.1, -0.05) is 32.6 Å². The molecule has 0 aromatic carbocycles. The molecule has 0 spiro atoms. The van der Waals surface area contributed by atoms with Crippen molar-refractivity contribution >= 4 is 29.7 Å². The van der Waals surface area contributed by atoms with Crippen molar-refractivity contribution in [3.8, 4) is 0 Å². The first-order valence-electron chi connectivity index (χ1n) is 12.4. The van der Waals surface area contributed by atoms with Crippen LogP contribution in [-0.2, 0) is 23.9 Å². The fourth-order valence-electron chi connectivity index (χ4n) is 2.91. The van der Waals surface area contributed by atoms with Gasteiger partial charge in [0.05, 0.1) is 12.0 Å². The molecule has 0 saturated heterocycles. The molecule has 0 aromatic rings. The maximum absolute atomic E-state index is 13.0. The number of esters is 1. The SMILES string of the molecule is C=C/C(=C\C=C(/C)NC(=O)C(CCCNC(N)=O)NC(=O)C(NC(=O)CN)C(C)C)COC(=O)C(C)(C)C. The Kier molecular flexibility index (Phi) is 15.3. The first-order valence-corrected chi connectivity index (χ1v) is 12.4. The molecule has 0 bridgehead atoms. The van der Waals surface area contributed by atoms with Crippen molar-refractivity contribution in [2.45, 2.75) is 66.5 Å². The first-order chi connectivity index (χ1) is 17.6. The Balaban J connectivity index is 5.51. The van der Waals surface area contributed by atoms with E-state index in [0.29, 0.717) is 17.7 Å². The summed E-state index contributed by atoms with van der Waals surface area (Å²) in [6, 6.07) is -2.56. The van der Waals surface area contributed by atoms with Gasteiger partial charge in [0, 0.05) is 12.2 Å². The van der Waals surface area contributed by atoms with Crippen LogP contribution in [0.3, 0.4) is 0 Å². The van der Waals surface area contributed by atoms with Crippen LogP contribution in [0.2, 0.25) is 0 Å². The van der Waals surface area contributed by atoms with Crippen LogP contribution < -0.4 is 32.7 Å². The van der Waals surface area contributed by atoms with E-state index in [0.717, 1.165) is 0 Å². The van der Waals surface area contributed by atoms with Crippen LogP contribution in [0.5, 0.6) is 0 Å². The van der Waals surface area contributed by atoms with Crippen molar-refractivity contribution in [1.82, 2.24) is 21.3 Å². The summed E-state index contributed by atoms with van der Waals surface area (Å²) in [4.78, 5) is 60.6. The highest BCUT2D eigenvalue weighted by molar-refractivity contribution is 5.93. The summed E-state index contributed by atoms with van der Waals surface area (Å²) in [6.07, 6.45) is 5.35. The largest absolute Gasteiger partial charge is 0.460 e. The van der Waals surface area contributed by atoms with Gasteiger partial charge in [-0.15, -0.1) is 0 Å². The van der Waals surface area contributed by atoms with Crippen molar-refractivity contribution in [3.05, 3.63) is 36.1 Å². The van der Waals surface area contributed by atoms with Gasteiger partial charge in [0.2, 0.25) is 17.7 Å². The zero-order valence-electron chi connectivity index (χ0n) is 23.3. The first kappa shape index (κ1) is 34.3. The highest BCUT2D eigenvalue weighted by Gasteiger charge is 2.28. The lowest BCUT2D eigenvalue weighted by atomic mass is 9.97. The number of amides is 5. The zero-order chi connectivity index (χ0) is 29.5. The number of nitrogens with two attached hydrogens (primary N) is 2. The molecule has 2 unspecified atom stereocenters. The third-order valence-corrected chi connectivity index (χ3v) is 5.17. The molecule has 0 aliphatic rings. The maximum Gasteiger partial charge on any atom is 0.312 e. The Bertz CT molecular complexity index is 920. The molecule has 0 fully saturated rings. The van der Waals surface area contributed by atoms with Crippen LogP contribution in [-0.4, -0.2) is 61.5 Å². The molecule has 8 N–H and O–H groups in total. The minimum absolute atomic E-state index is 0.0218. The predicted molar refractivity (Wildman–Crippen MR) is 145 cm³/mol. The second kappa shape index (κ2) is 17.0. The number of hydrogen-bond donors (Lipinski definition) is 6. The summed E-state index contributed by atoms with van der Waals surface area (Å²) in [5.74, 6) is -2.15. The van der Waals surface area contributed by atoms with Gasteiger partial charge in [-0.05, 0) is 58.1 Å². The van der Waals surface area contributed by atoms with Crippen LogP contribution in [0.4, 0.5) is 4.79 Å². The molecule has 214 valence electrons. The molecule has 0 rings (SSSR count). The number of carbonyl (C=O) groups is 5. The molecule has 12 heteroatoms. The van der Waals surface area contributed by atoms with Gasteiger partial charge in [-0.2, -0.15) is 0 Å². The van der Waals surface area contributed by atoms with E-state index in [4.69, 9.17) is 16.2 Å². The molecular weight excluding hydrogens is 492 g/mol. The normalized spacial score (nSPS) is 13.7. The Morgan fingerprint density at radius 3 is 2.16 bits per heavy atom. The molecule has 0 aliphatic carbocycles. The highest BCUT2D eigenvalue weighted by Crippen LogP contribution is 2.16. The maximum atomic E-state index is 13.0. The van der Waals surface area contributed by atoms with Crippen molar-refractivity contribution in [2.24, 2.45) is 22.8 Å². The van der Waals surface area contributed by atoms with E-state index in [9.17, 15) is 24.0 Å². The van der Waals surface area contributed by atoms with Gasteiger partial charge < -0.3 is 37.5 Å². The fourth-order valence-corrected chi connectivity index (χ4v) is 2.91. The van der Waals surface area contributed by atoms with Crippen LogP contribution >= 0.6 is 0 Å². The number of rotatable bonds is 15.